The summed E-state index contributed by atoms with van der Waals surface area (Å²) >= 11 is 0. The van der Waals surface area contributed by atoms with E-state index in [-0.39, 0.29) is 42.5 Å². The van der Waals surface area contributed by atoms with Crippen molar-refractivity contribution >= 4 is 17.8 Å². The van der Waals surface area contributed by atoms with Gasteiger partial charge in [-0.2, -0.15) is 10.1 Å². The molecule has 35 heavy (non-hydrogen) atoms. The fourth-order valence-electron chi connectivity index (χ4n) is 3.62. The largest absolute Gasteiger partial charge is 0.502 e. The molecule has 0 aromatic heterocycles. The van der Waals surface area contributed by atoms with Crippen LogP contribution in [-0.2, 0) is 16.0 Å². The summed E-state index contributed by atoms with van der Waals surface area (Å²) in [5.41, 5.74) is -1.16. The summed E-state index contributed by atoms with van der Waals surface area (Å²) in [6.07, 6.45) is -6.33. The molecule has 0 spiro atoms. The Balaban J connectivity index is 1.73. The van der Waals surface area contributed by atoms with E-state index in [4.69, 9.17) is 4.74 Å². The third-order valence-corrected chi connectivity index (χ3v) is 5.22. The lowest BCUT2D eigenvalue weighted by molar-refractivity contribution is -0.247. The van der Waals surface area contributed by atoms with Gasteiger partial charge in [0.25, 0.3) is 0 Å². The van der Waals surface area contributed by atoms with E-state index in [9.17, 15) is 35.9 Å². The Morgan fingerprint density at radius 2 is 1.74 bits per heavy atom. The van der Waals surface area contributed by atoms with Crippen LogP contribution in [0.25, 0.3) is 0 Å². The third kappa shape index (κ3) is 6.92. The SMILES string of the molecule is CC(C)(C)OC(=O)NC(CC(=O)N1CCN2CN(C(F)(F)F)N=C2C1)Cc1cc(F)c(F)cc1F. The number of alkyl halides is 3. The first kappa shape index (κ1) is 26.4. The molecule has 1 saturated heterocycles. The van der Waals surface area contributed by atoms with Crippen LogP contribution < -0.4 is 5.32 Å². The molecule has 8 nitrogen and oxygen atoms in total. The first-order valence-electron chi connectivity index (χ1n) is 10.7. The number of amidine groups is 1. The van der Waals surface area contributed by atoms with Crippen molar-refractivity contribution in [1.29, 1.82) is 0 Å². The summed E-state index contributed by atoms with van der Waals surface area (Å²) < 4.78 is 85.1. The molecule has 0 radical (unpaired) electrons. The number of fused-ring (bicyclic) bond motifs is 1. The minimum absolute atomic E-state index is 0.0327. The van der Waals surface area contributed by atoms with Gasteiger partial charge in [-0.05, 0) is 38.8 Å². The molecule has 2 aliphatic rings. The first-order valence-corrected chi connectivity index (χ1v) is 10.7. The summed E-state index contributed by atoms with van der Waals surface area (Å²) in [6.45, 7) is 4.36. The molecular formula is C21H25F6N5O3. The van der Waals surface area contributed by atoms with Gasteiger partial charge < -0.3 is 19.9 Å². The van der Waals surface area contributed by atoms with Gasteiger partial charge in [-0.15, -0.1) is 13.2 Å². The Kier molecular flexibility index (Phi) is 7.41. The molecule has 3 rings (SSSR count). The van der Waals surface area contributed by atoms with Crippen LogP contribution in [0.15, 0.2) is 17.2 Å². The highest BCUT2D eigenvalue weighted by atomic mass is 19.4. The number of nitrogens with one attached hydrogen (secondary N) is 1. The number of carbonyl (C=O) groups excluding carboxylic acids is 2. The second-order valence-corrected chi connectivity index (χ2v) is 9.21. The molecule has 2 amide bonds. The summed E-state index contributed by atoms with van der Waals surface area (Å²) in [5, 5.41) is 5.92. The summed E-state index contributed by atoms with van der Waals surface area (Å²) in [7, 11) is 0. The van der Waals surface area contributed by atoms with Crippen molar-refractivity contribution in [3.8, 4) is 0 Å². The van der Waals surface area contributed by atoms with Crippen LogP contribution in [0.4, 0.5) is 31.1 Å². The van der Waals surface area contributed by atoms with Crippen molar-refractivity contribution in [2.45, 2.75) is 51.6 Å². The average Bonchev–Trinajstić information content (AvgIpc) is 3.14. The first-order chi connectivity index (χ1) is 16.1. The number of piperazine rings is 1. The number of hydrogen-bond donors (Lipinski definition) is 1. The predicted molar refractivity (Wildman–Crippen MR) is 111 cm³/mol. The molecule has 0 aliphatic carbocycles. The number of hydrogen-bond acceptors (Lipinski definition) is 6. The maximum Gasteiger partial charge on any atom is 0.502 e. The Morgan fingerprint density at radius 3 is 2.37 bits per heavy atom. The molecule has 1 aromatic rings. The molecule has 1 atom stereocenters. The van der Waals surface area contributed by atoms with E-state index in [1.807, 2.05) is 0 Å². The zero-order chi connectivity index (χ0) is 26.1. The number of hydrazone groups is 1. The zero-order valence-corrected chi connectivity index (χ0v) is 19.3. The van der Waals surface area contributed by atoms with E-state index < -0.39 is 60.5 Å². The van der Waals surface area contributed by atoms with Gasteiger partial charge >= 0.3 is 12.4 Å². The van der Waals surface area contributed by atoms with Crippen molar-refractivity contribution in [2.24, 2.45) is 5.10 Å². The van der Waals surface area contributed by atoms with Gasteiger partial charge in [0.1, 0.15) is 23.9 Å². The van der Waals surface area contributed by atoms with E-state index in [0.29, 0.717) is 12.1 Å². The van der Waals surface area contributed by atoms with E-state index in [1.165, 1.54) is 9.80 Å². The maximum atomic E-state index is 14.2. The minimum atomic E-state index is -4.66. The molecular weight excluding hydrogens is 484 g/mol. The summed E-state index contributed by atoms with van der Waals surface area (Å²) in [6, 6.07) is -0.0793. The molecule has 0 bridgehead atoms. The normalized spacial score (nSPS) is 17.2. The lowest BCUT2D eigenvalue weighted by Gasteiger charge is -2.34. The summed E-state index contributed by atoms with van der Waals surface area (Å²) in [5.74, 6) is -4.24. The van der Waals surface area contributed by atoms with Gasteiger partial charge in [-0.25, -0.2) is 18.0 Å². The second kappa shape index (κ2) is 9.82. The highest BCUT2D eigenvalue weighted by Gasteiger charge is 2.43. The molecule has 1 N–H and O–H groups in total. The standard InChI is InChI=1S/C21H25F6N5O3/c1-20(2,3)35-19(34)28-13(6-12-7-15(23)16(24)9-14(12)22)8-18(33)30-4-5-31-11-32(21(25,26)27)29-17(31)10-30/h7,9,13H,4-6,8,10-11H2,1-3H3,(H,28,34). The number of ether oxygens (including phenoxy) is 1. The molecule has 194 valence electrons. The van der Waals surface area contributed by atoms with Gasteiger partial charge in [0.05, 0.1) is 6.54 Å². The lowest BCUT2D eigenvalue weighted by Crippen LogP contribution is -2.52. The fraction of sp³-hybridized carbons (Fsp3) is 0.571. The van der Waals surface area contributed by atoms with Crippen molar-refractivity contribution in [3.63, 3.8) is 0 Å². The minimum Gasteiger partial charge on any atom is -0.444 e. The fourth-order valence-corrected chi connectivity index (χ4v) is 3.62. The molecule has 1 fully saturated rings. The van der Waals surface area contributed by atoms with Gasteiger partial charge in [0, 0.05) is 31.6 Å². The Hall–Kier alpha value is -3.19. The Bertz CT molecular complexity index is 1010. The van der Waals surface area contributed by atoms with E-state index in [1.54, 1.807) is 20.8 Å². The molecule has 2 heterocycles. The third-order valence-electron chi connectivity index (χ3n) is 5.22. The highest BCUT2D eigenvalue weighted by molar-refractivity contribution is 5.90. The number of alkyl carbamates (subject to hydrolysis) is 1. The van der Waals surface area contributed by atoms with Crippen LogP contribution in [0.1, 0.15) is 32.8 Å². The van der Waals surface area contributed by atoms with Crippen molar-refractivity contribution in [3.05, 3.63) is 35.1 Å². The van der Waals surface area contributed by atoms with Crippen LogP contribution in [0.3, 0.4) is 0 Å². The van der Waals surface area contributed by atoms with E-state index >= 15 is 0 Å². The number of rotatable bonds is 5. The summed E-state index contributed by atoms with van der Waals surface area (Å²) in [4.78, 5) is 27.9. The van der Waals surface area contributed by atoms with Crippen LogP contribution in [-0.4, -0.2) is 76.9 Å². The smallest absolute Gasteiger partial charge is 0.444 e. The Morgan fingerprint density at radius 1 is 1.09 bits per heavy atom. The van der Waals surface area contributed by atoms with Crippen molar-refractivity contribution in [2.75, 3.05) is 26.3 Å². The zero-order valence-electron chi connectivity index (χ0n) is 19.3. The lowest BCUT2D eigenvalue weighted by atomic mass is 10.0. The molecule has 1 aromatic carbocycles. The number of halogens is 6. The van der Waals surface area contributed by atoms with Gasteiger partial charge in [0.2, 0.25) is 5.91 Å². The number of nitrogens with zero attached hydrogens (tertiary/aromatic N) is 4. The van der Waals surface area contributed by atoms with E-state index in [0.717, 1.165) is 0 Å². The number of benzene rings is 1. The molecule has 2 aliphatic heterocycles. The maximum absolute atomic E-state index is 14.2. The second-order valence-electron chi connectivity index (χ2n) is 9.21. The highest BCUT2D eigenvalue weighted by Crippen LogP contribution is 2.27. The average molecular weight is 509 g/mol. The number of amides is 2. The van der Waals surface area contributed by atoms with Crippen LogP contribution in [0, 0.1) is 17.5 Å². The van der Waals surface area contributed by atoms with Gasteiger partial charge in [-0.3, -0.25) is 4.79 Å². The van der Waals surface area contributed by atoms with Crippen LogP contribution >= 0.6 is 0 Å². The van der Waals surface area contributed by atoms with Crippen LogP contribution in [0.2, 0.25) is 0 Å². The Labute approximate surface area is 197 Å². The van der Waals surface area contributed by atoms with Crippen molar-refractivity contribution in [1.82, 2.24) is 20.1 Å². The van der Waals surface area contributed by atoms with Gasteiger partial charge in [-0.1, -0.05) is 0 Å². The van der Waals surface area contributed by atoms with E-state index in [2.05, 4.69) is 10.4 Å². The monoisotopic (exact) mass is 509 g/mol. The molecule has 1 unspecified atom stereocenters. The van der Waals surface area contributed by atoms with Crippen molar-refractivity contribution < 1.29 is 40.7 Å². The predicted octanol–water partition coefficient (Wildman–Crippen LogP) is 3.18. The quantitative estimate of drug-likeness (QED) is 0.375. The molecule has 0 saturated carbocycles. The topological polar surface area (TPSA) is 77.5 Å². The number of carbonyl (C=O) groups is 2. The van der Waals surface area contributed by atoms with Gasteiger partial charge in [0.15, 0.2) is 11.6 Å². The molecule has 14 heteroatoms. The van der Waals surface area contributed by atoms with Crippen LogP contribution in [0.5, 0.6) is 0 Å².